The Labute approximate surface area is 106 Å². The lowest BCUT2D eigenvalue weighted by Gasteiger charge is -2.24. The van der Waals surface area contributed by atoms with Gasteiger partial charge in [-0.25, -0.2) is 0 Å². The van der Waals surface area contributed by atoms with Crippen molar-refractivity contribution in [2.75, 3.05) is 19.6 Å². The lowest BCUT2D eigenvalue weighted by Crippen LogP contribution is -2.31. The first-order valence-electron chi connectivity index (χ1n) is 6.54. The zero-order valence-corrected chi connectivity index (χ0v) is 11.7. The lowest BCUT2D eigenvalue weighted by atomic mass is 10.1. The van der Waals surface area contributed by atoms with Gasteiger partial charge in [-0.1, -0.05) is 43.2 Å². The van der Waals surface area contributed by atoms with E-state index in [1.807, 2.05) is 0 Å². The zero-order valence-electron chi connectivity index (χ0n) is 11.7. The van der Waals surface area contributed by atoms with Crippen molar-refractivity contribution in [1.29, 1.82) is 0 Å². The molecule has 0 saturated carbocycles. The minimum absolute atomic E-state index is 0.570. The fourth-order valence-corrected chi connectivity index (χ4v) is 2.24. The Bertz CT molecular complexity index is 327. The van der Waals surface area contributed by atoms with Gasteiger partial charge in [0.1, 0.15) is 0 Å². The van der Waals surface area contributed by atoms with Crippen LogP contribution in [-0.2, 0) is 6.54 Å². The summed E-state index contributed by atoms with van der Waals surface area (Å²) in [6.45, 7) is 12.7. The first-order chi connectivity index (χ1) is 8.05. The quantitative estimate of drug-likeness (QED) is 0.820. The maximum Gasteiger partial charge on any atom is 0.0233 e. The van der Waals surface area contributed by atoms with Gasteiger partial charge in [0.25, 0.3) is 0 Å². The molecule has 17 heavy (non-hydrogen) atoms. The van der Waals surface area contributed by atoms with Gasteiger partial charge in [0.05, 0.1) is 0 Å². The van der Waals surface area contributed by atoms with E-state index in [0.717, 1.165) is 26.2 Å². The van der Waals surface area contributed by atoms with Crippen molar-refractivity contribution < 1.29 is 0 Å². The van der Waals surface area contributed by atoms with Crippen LogP contribution in [-0.4, -0.2) is 24.5 Å². The summed E-state index contributed by atoms with van der Waals surface area (Å²) in [5.74, 6) is 0.570. The van der Waals surface area contributed by atoms with Crippen LogP contribution in [0.5, 0.6) is 0 Å². The maximum absolute atomic E-state index is 5.69. The minimum Gasteiger partial charge on any atom is -0.330 e. The van der Waals surface area contributed by atoms with Gasteiger partial charge in [-0.2, -0.15) is 0 Å². The largest absolute Gasteiger partial charge is 0.330 e. The monoisotopic (exact) mass is 234 g/mol. The number of nitrogens with zero attached hydrogens (tertiary/aromatic N) is 1. The molecular formula is C15H26N2. The van der Waals surface area contributed by atoms with Crippen molar-refractivity contribution in [3.63, 3.8) is 0 Å². The molecule has 1 unspecified atom stereocenters. The predicted octanol–water partition coefficient (Wildman–Crippen LogP) is 2.72. The highest BCUT2D eigenvalue weighted by Crippen LogP contribution is 2.12. The molecule has 0 bridgehead atoms. The Kier molecular flexibility index (Phi) is 5.66. The van der Waals surface area contributed by atoms with Crippen molar-refractivity contribution in [2.24, 2.45) is 11.7 Å². The summed E-state index contributed by atoms with van der Waals surface area (Å²) in [7, 11) is 0. The summed E-state index contributed by atoms with van der Waals surface area (Å²) in [6, 6.07) is 6.79. The number of aryl methyl sites for hydroxylation is 2. The van der Waals surface area contributed by atoms with Gasteiger partial charge < -0.3 is 5.73 Å². The molecule has 2 N–H and O–H groups in total. The lowest BCUT2D eigenvalue weighted by molar-refractivity contribution is 0.243. The molecule has 0 aromatic heterocycles. The molecule has 0 fully saturated rings. The summed E-state index contributed by atoms with van der Waals surface area (Å²) >= 11 is 0. The molecule has 1 rings (SSSR count). The highest BCUT2D eigenvalue weighted by atomic mass is 15.1. The van der Waals surface area contributed by atoms with Crippen molar-refractivity contribution in [1.82, 2.24) is 4.90 Å². The van der Waals surface area contributed by atoms with Crippen LogP contribution in [0, 0.1) is 19.8 Å². The van der Waals surface area contributed by atoms with Gasteiger partial charge in [0.15, 0.2) is 0 Å². The van der Waals surface area contributed by atoms with E-state index in [4.69, 9.17) is 5.73 Å². The Morgan fingerprint density at radius 3 is 2.24 bits per heavy atom. The topological polar surface area (TPSA) is 29.3 Å². The fraction of sp³-hybridized carbons (Fsp3) is 0.600. The van der Waals surface area contributed by atoms with Gasteiger partial charge in [-0.05, 0) is 38.4 Å². The van der Waals surface area contributed by atoms with Gasteiger partial charge >= 0.3 is 0 Å². The normalized spacial score (nSPS) is 13.1. The molecule has 0 spiro atoms. The number of hydrogen-bond donors (Lipinski definition) is 1. The molecule has 96 valence electrons. The fourth-order valence-electron chi connectivity index (χ4n) is 2.24. The van der Waals surface area contributed by atoms with Gasteiger partial charge in [-0.15, -0.1) is 0 Å². The summed E-state index contributed by atoms with van der Waals surface area (Å²) in [5, 5.41) is 0. The highest BCUT2D eigenvalue weighted by Gasteiger charge is 2.08. The van der Waals surface area contributed by atoms with Gasteiger partial charge in [-0.3, -0.25) is 4.90 Å². The van der Waals surface area contributed by atoms with E-state index in [1.54, 1.807) is 0 Å². The third-order valence-electron chi connectivity index (χ3n) is 3.11. The van der Waals surface area contributed by atoms with Crippen molar-refractivity contribution >= 4 is 0 Å². The van der Waals surface area contributed by atoms with Crippen LogP contribution in [0.4, 0.5) is 0 Å². The van der Waals surface area contributed by atoms with E-state index in [2.05, 4.69) is 50.8 Å². The summed E-state index contributed by atoms with van der Waals surface area (Å²) < 4.78 is 0. The van der Waals surface area contributed by atoms with Crippen LogP contribution in [0.15, 0.2) is 18.2 Å². The molecule has 2 heteroatoms. The Hall–Kier alpha value is -0.860. The van der Waals surface area contributed by atoms with E-state index >= 15 is 0 Å². The van der Waals surface area contributed by atoms with Crippen LogP contribution in [0.25, 0.3) is 0 Å². The summed E-state index contributed by atoms with van der Waals surface area (Å²) in [4.78, 5) is 2.46. The third-order valence-corrected chi connectivity index (χ3v) is 3.11. The second kappa shape index (κ2) is 6.77. The molecule has 0 radical (unpaired) electrons. The first-order valence-corrected chi connectivity index (χ1v) is 6.54. The Morgan fingerprint density at radius 2 is 1.76 bits per heavy atom. The van der Waals surface area contributed by atoms with E-state index < -0.39 is 0 Å². The molecule has 1 aromatic rings. The van der Waals surface area contributed by atoms with E-state index in [9.17, 15) is 0 Å². The molecule has 0 heterocycles. The smallest absolute Gasteiger partial charge is 0.0233 e. The van der Waals surface area contributed by atoms with Gasteiger partial charge in [0.2, 0.25) is 0 Å². The van der Waals surface area contributed by atoms with Crippen molar-refractivity contribution in [2.45, 2.75) is 34.2 Å². The standard InChI is InChI=1S/C15H26N2/c1-5-17(10-14(4)9-16)11-15-7-12(2)6-13(3)8-15/h6-8,14H,5,9-11,16H2,1-4H3. The highest BCUT2D eigenvalue weighted by molar-refractivity contribution is 5.28. The number of nitrogens with two attached hydrogens (primary N) is 1. The van der Waals surface area contributed by atoms with Gasteiger partial charge in [0, 0.05) is 13.1 Å². The second-order valence-electron chi connectivity index (χ2n) is 5.16. The van der Waals surface area contributed by atoms with Crippen LogP contribution in [0.3, 0.4) is 0 Å². The summed E-state index contributed by atoms with van der Waals surface area (Å²) in [6.07, 6.45) is 0. The predicted molar refractivity (Wildman–Crippen MR) is 75.1 cm³/mol. The van der Waals surface area contributed by atoms with Crippen LogP contribution >= 0.6 is 0 Å². The summed E-state index contributed by atoms with van der Waals surface area (Å²) in [5.41, 5.74) is 9.80. The number of rotatable bonds is 6. The average Bonchev–Trinajstić information content (AvgIpc) is 2.26. The average molecular weight is 234 g/mol. The van der Waals surface area contributed by atoms with Crippen LogP contribution < -0.4 is 5.73 Å². The second-order valence-corrected chi connectivity index (χ2v) is 5.16. The molecule has 0 saturated heterocycles. The van der Waals surface area contributed by atoms with Crippen molar-refractivity contribution in [3.8, 4) is 0 Å². The molecule has 1 atom stereocenters. The van der Waals surface area contributed by atoms with Crippen LogP contribution in [0.1, 0.15) is 30.5 Å². The molecule has 0 amide bonds. The SMILES string of the molecule is CCN(Cc1cc(C)cc(C)c1)CC(C)CN. The minimum atomic E-state index is 0.570. The Balaban J connectivity index is 2.66. The van der Waals surface area contributed by atoms with E-state index in [0.29, 0.717) is 5.92 Å². The van der Waals surface area contributed by atoms with Crippen LogP contribution in [0.2, 0.25) is 0 Å². The number of benzene rings is 1. The number of hydrogen-bond acceptors (Lipinski definition) is 2. The zero-order chi connectivity index (χ0) is 12.8. The molecule has 2 nitrogen and oxygen atoms in total. The molecular weight excluding hydrogens is 208 g/mol. The maximum atomic E-state index is 5.69. The first kappa shape index (κ1) is 14.2. The molecule has 0 aliphatic rings. The Morgan fingerprint density at radius 1 is 1.18 bits per heavy atom. The third kappa shape index (κ3) is 4.88. The van der Waals surface area contributed by atoms with Crippen molar-refractivity contribution in [3.05, 3.63) is 34.9 Å². The molecule has 1 aromatic carbocycles. The molecule has 0 aliphatic heterocycles. The molecule has 0 aliphatic carbocycles. The van der Waals surface area contributed by atoms with E-state index in [-0.39, 0.29) is 0 Å². The van der Waals surface area contributed by atoms with E-state index in [1.165, 1.54) is 16.7 Å².